The minimum Gasteiger partial charge on any atom is -0.299 e. The molecule has 0 N–H and O–H groups in total. The molecule has 0 bridgehead atoms. The Morgan fingerprint density at radius 2 is 1.56 bits per heavy atom. The predicted molar refractivity (Wildman–Crippen MR) is 132 cm³/mol. The van der Waals surface area contributed by atoms with Crippen molar-refractivity contribution in [3.8, 4) is 28.2 Å². The van der Waals surface area contributed by atoms with E-state index >= 15 is 0 Å². The van der Waals surface area contributed by atoms with Crippen LogP contribution in [0, 0.1) is 19.7 Å². The lowest BCUT2D eigenvalue weighted by molar-refractivity contribution is 0.631. The molecule has 3 heteroatoms. The molecule has 0 saturated heterocycles. The molecule has 0 aliphatic carbocycles. The van der Waals surface area contributed by atoms with Crippen molar-refractivity contribution in [1.29, 1.82) is 0 Å². The molecule has 32 heavy (non-hydrogen) atoms. The van der Waals surface area contributed by atoms with Crippen LogP contribution in [0.2, 0.25) is 0 Å². The number of unbranched alkanes of at least 4 members (excludes halogenated alkanes) is 3. The smallest absolute Gasteiger partial charge is 0.144 e. The van der Waals surface area contributed by atoms with Crippen LogP contribution in [-0.4, -0.2) is 9.55 Å². The number of benzene rings is 3. The monoisotopic (exact) mass is 426 g/mol. The van der Waals surface area contributed by atoms with E-state index in [0.717, 1.165) is 41.2 Å². The van der Waals surface area contributed by atoms with Gasteiger partial charge < -0.3 is 0 Å². The van der Waals surface area contributed by atoms with Crippen LogP contribution in [0.4, 0.5) is 4.39 Å². The van der Waals surface area contributed by atoms with Gasteiger partial charge in [-0.3, -0.25) is 4.57 Å². The predicted octanol–water partition coefficient (Wildman–Crippen LogP) is 8.09. The number of hydrogen-bond acceptors (Lipinski definition) is 1. The van der Waals surface area contributed by atoms with Gasteiger partial charge in [-0.05, 0) is 61.6 Å². The fourth-order valence-electron chi connectivity index (χ4n) is 4.35. The molecule has 1 aromatic heterocycles. The first-order chi connectivity index (χ1) is 15.6. The summed E-state index contributed by atoms with van der Waals surface area (Å²) in [6.45, 7) is 6.49. The van der Waals surface area contributed by atoms with Crippen LogP contribution in [0.25, 0.3) is 28.2 Å². The Morgan fingerprint density at radius 3 is 2.28 bits per heavy atom. The van der Waals surface area contributed by atoms with E-state index in [1.54, 1.807) is 6.07 Å². The fourth-order valence-corrected chi connectivity index (χ4v) is 4.35. The highest BCUT2D eigenvalue weighted by Gasteiger charge is 2.17. The first-order valence-electron chi connectivity index (χ1n) is 11.6. The number of rotatable bonds is 8. The second-order valence-electron chi connectivity index (χ2n) is 8.54. The third-order valence-electron chi connectivity index (χ3n) is 6.03. The van der Waals surface area contributed by atoms with Gasteiger partial charge >= 0.3 is 0 Å². The summed E-state index contributed by atoms with van der Waals surface area (Å²) in [4.78, 5) is 5.04. The highest BCUT2D eigenvalue weighted by molar-refractivity contribution is 5.72. The molecule has 0 radical (unpaired) electrons. The Morgan fingerprint density at radius 1 is 0.812 bits per heavy atom. The van der Waals surface area contributed by atoms with E-state index in [1.165, 1.54) is 30.4 Å². The van der Waals surface area contributed by atoms with E-state index in [1.807, 2.05) is 42.5 Å². The quantitative estimate of drug-likeness (QED) is 0.260. The Labute approximate surface area is 190 Å². The number of nitrogens with zero attached hydrogens (tertiary/aromatic N) is 2. The zero-order valence-corrected chi connectivity index (χ0v) is 19.2. The van der Waals surface area contributed by atoms with Crippen molar-refractivity contribution >= 4 is 0 Å². The number of aryl methyl sites for hydroxylation is 3. The van der Waals surface area contributed by atoms with Gasteiger partial charge in [-0.1, -0.05) is 74.7 Å². The summed E-state index contributed by atoms with van der Waals surface area (Å²) in [5, 5.41) is 0. The molecule has 3 aromatic carbocycles. The summed E-state index contributed by atoms with van der Waals surface area (Å²) in [6, 6.07) is 21.4. The van der Waals surface area contributed by atoms with E-state index in [9.17, 15) is 4.39 Å². The molecule has 0 fully saturated rings. The highest BCUT2D eigenvalue weighted by Crippen LogP contribution is 2.32. The zero-order valence-electron chi connectivity index (χ0n) is 19.2. The maximum Gasteiger partial charge on any atom is 0.144 e. The first-order valence-corrected chi connectivity index (χ1v) is 11.6. The maximum absolute atomic E-state index is 14.7. The van der Waals surface area contributed by atoms with Gasteiger partial charge in [0.2, 0.25) is 0 Å². The van der Waals surface area contributed by atoms with Crippen molar-refractivity contribution in [1.82, 2.24) is 9.55 Å². The van der Waals surface area contributed by atoms with E-state index in [2.05, 4.69) is 49.7 Å². The second kappa shape index (κ2) is 9.95. The summed E-state index contributed by atoms with van der Waals surface area (Å²) in [7, 11) is 0. The van der Waals surface area contributed by atoms with Gasteiger partial charge in [0, 0.05) is 17.3 Å². The van der Waals surface area contributed by atoms with Crippen LogP contribution in [0.3, 0.4) is 0 Å². The second-order valence-corrected chi connectivity index (χ2v) is 8.54. The molecule has 0 aliphatic heterocycles. The lowest BCUT2D eigenvalue weighted by atomic mass is 10.0. The number of halogens is 1. The van der Waals surface area contributed by atoms with Crippen molar-refractivity contribution in [2.75, 3.05) is 0 Å². The number of hydrogen-bond donors (Lipinski definition) is 0. The lowest BCUT2D eigenvalue weighted by Gasteiger charge is -2.14. The average molecular weight is 427 g/mol. The molecule has 4 aromatic rings. The standard InChI is InChI=1S/C29H31FN2/c1-4-5-6-10-16-25-20-32(28-21(2)12-11-13-22(28)3)29(31-25)24-17-18-27(30)26(19-24)23-14-8-7-9-15-23/h7-9,11-15,17-20H,4-6,10,16H2,1-3H3. The van der Waals surface area contributed by atoms with Crippen LogP contribution >= 0.6 is 0 Å². The summed E-state index contributed by atoms with van der Waals surface area (Å²) < 4.78 is 16.9. The normalized spacial score (nSPS) is 11.1. The molecular weight excluding hydrogens is 395 g/mol. The minimum absolute atomic E-state index is 0.218. The number of imidazole rings is 1. The molecule has 2 nitrogen and oxygen atoms in total. The fraction of sp³-hybridized carbons (Fsp3) is 0.276. The van der Waals surface area contributed by atoms with Crippen molar-refractivity contribution in [2.45, 2.75) is 52.9 Å². The topological polar surface area (TPSA) is 17.8 Å². The van der Waals surface area contributed by atoms with Crippen LogP contribution in [-0.2, 0) is 6.42 Å². The molecule has 0 saturated carbocycles. The van der Waals surface area contributed by atoms with Gasteiger partial charge in [0.15, 0.2) is 0 Å². The molecule has 4 rings (SSSR count). The third kappa shape index (κ3) is 4.67. The van der Waals surface area contributed by atoms with Gasteiger partial charge in [0.05, 0.1) is 11.4 Å². The molecule has 0 amide bonds. The molecule has 164 valence electrons. The van der Waals surface area contributed by atoms with Gasteiger partial charge in [0.25, 0.3) is 0 Å². The van der Waals surface area contributed by atoms with E-state index in [0.29, 0.717) is 5.56 Å². The van der Waals surface area contributed by atoms with Crippen LogP contribution < -0.4 is 0 Å². The Hall–Kier alpha value is -3.20. The Bertz CT molecular complexity index is 1170. The molecule has 0 spiro atoms. The van der Waals surface area contributed by atoms with Gasteiger partial charge in [-0.25, -0.2) is 9.37 Å². The van der Waals surface area contributed by atoms with Gasteiger partial charge in [0.1, 0.15) is 11.6 Å². The highest BCUT2D eigenvalue weighted by atomic mass is 19.1. The Balaban J connectivity index is 1.82. The van der Waals surface area contributed by atoms with Crippen LogP contribution in [0.15, 0.2) is 72.9 Å². The van der Waals surface area contributed by atoms with Crippen LogP contribution in [0.1, 0.15) is 49.4 Å². The Kier molecular flexibility index (Phi) is 6.84. The van der Waals surface area contributed by atoms with Crippen molar-refractivity contribution in [3.63, 3.8) is 0 Å². The SMILES string of the molecule is CCCCCCc1cn(-c2c(C)cccc2C)c(-c2ccc(F)c(-c3ccccc3)c2)n1. The zero-order chi connectivity index (χ0) is 22.5. The van der Waals surface area contributed by atoms with E-state index < -0.39 is 0 Å². The molecule has 0 unspecified atom stereocenters. The average Bonchev–Trinajstić information content (AvgIpc) is 3.21. The summed E-state index contributed by atoms with van der Waals surface area (Å²) in [6.07, 6.45) is 7.95. The summed E-state index contributed by atoms with van der Waals surface area (Å²) in [5.41, 5.74) is 7.04. The summed E-state index contributed by atoms with van der Waals surface area (Å²) in [5.74, 6) is 0.648. The van der Waals surface area contributed by atoms with Crippen LogP contribution in [0.5, 0.6) is 0 Å². The maximum atomic E-state index is 14.7. The lowest BCUT2D eigenvalue weighted by Crippen LogP contribution is -2.01. The van der Waals surface area contributed by atoms with Gasteiger partial charge in [-0.15, -0.1) is 0 Å². The molecule has 0 atom stereocenters. The molecule has 1 heterocycles. The summed E-state index contributed by atoms with van der Waals surface area (Å²) >= 11 is 0. The van der Waals surface area contributed by atoms with Crippen molar-refractivity contribution < 1.29 is 4.39 Å². The third-order valence-corrected chi connectivity index (χ3v) is 6.03. The number of para-hydroxylation sites is 1. The van der Waals surface area contributed by atoms with Gasteiger partial charge in [-0.2, -0.15) is 0 Å². The number of aromatic nitrogens is 2. The van der Waals surface area contributed by atoms with Crippen molar-refractivity contribution in [2.24, 2.45) is 0 Å². The first kappa shape index (κ1) is 22.0. The molecule has 0 aliphatic rings. The van der Waals surface area contributed by atoms with E-state index in [4.69, 9.17) is 4.98 Å². The molecular formula is C29H31FN2. The largest absolute Gasteiger partial charge is 0.299 e. The van der Waals surface area contributed by atoms with Crippen molar-refractivity contribution in [3.05, 3.63) is 95.6 Å². The van der Waals surface area contributed by atoms with E-state index in [-0.39, 0.29) is 5.82 Å². The minimum atomic E-state index is -0.218.